The highest BCUT2D eigenvalue weighted by molar-refractivity contribution is 6.30. The highest BCUT2D eigenvalue weighted by Crippen LogP contribution is 2.16. The van der Waals surface area contributed by atoms with Gasteiger partial charge in [-0.3, -0.25) is 4.98 Å². The van der Waals surface area contributed by atoms with Gasteiger partial charge < -0.3 is 15.0 Å². The smallest absolute Gasteiger partial charge is 0.322 e. The average molecular weight is 332 g/mol. The first kappa shape index (κ1) is 15.8. The summed E-state index contributed by atoms with van der Waals surface area (Å²) in [5, 5.41) is 3.31. The van der Waals surface area contributed by atoms with Crippen LogP contribution >= 0.6 is 11.6 Å². The van der Waals surface area contributed by atoms with Crippen LogP contribution in [-0.2, 0) is 11.2 Å². The van der Waals surface area contributed by atoms with Gasteiger partial charge in [0.25, 0.3) is 0 Å². The molecule has 0 saturated carbocycles. The Hall–Kier alpha value is -2.11. The lowest BCUT2D eigenvalue weighted by atomic mass is 10.1. The molecule has 23 heavy (non-hydrogen) atoms. The number of nitrogens with one attached hydrogen (secondary N) is 1. The second kappa shape index (κ2) is 7.44. The zero-order valence-electron chi connectivity index (χ0n) is 12.6. The van der Waals surface area contributed by atoms with Gasteiger partial charge in [-0.2, -0.15) is 0 Å². The summed E-state index contributed by atoms with van der Waals surface area (Å²) in [6.45, 7) is 1.68. The largest absolute Gasteiger partial charge is 0.374 e. The quantitative estimate of drug-likeness (QED) is 0.939. The summed E-state index contributed by atoms with van der Waals surface area (Å²) in [5.74, 6) is 0. The van der Waals surface area contributed by atoms with E-state index in [9.17, 15) is 4.79 Å². The Morgan fingerprint density at radius 1 is 1.35 bits per heavy atom. The summed E-state index contributed by atoms with van der Waals surface area (Å²) in [7, 11) is 0. The van der Waals surface area contributed by atoms with Gasteiger partial charge in [-0.1, -0.05) is 41.9 Å². The summed E-state index contributed by atoms with van der Waals surface area (Å²) in [5.41, 5.74) is 1.80. The molecule has 1 unspecified atom stereocenters. The van der Waals surface area contributed by atoms with Gasteiger partial charge in [0.05, 0.1) is 29.6 Å². The van der Waals surface area contributed by atoms with Crippen LogP contribution in [0.4, 0.5) is 10.5 Å². The van der Waals surface area contributed by atoms with E-state index in [1.54, 1.807) is 17.2 Å². The molecule has 1 aromatic carbocycles. The number of carbonyl (C=O) groups is 1. The standard InChI is InChI=1S/C17H18ClN3O2/c18-14-9-15(11-19-10-14)20-17(22)21-6-7-23-16(12-21)8-13-4-2-1-3-5-13/h1-5,9-11,16H,6-8,12H2,(H,20,22). The summed E-state index contributed by atoms with van der Waals surface area (Å²) < 4.78 is 5.78. The highest BCUT2D eigenvalue weighted by atomic mass is 35.5. The molecule has 1 saturated heterocycles. The number of nitrogens with zero attached hydrogens (tertiary/aromatic N) is 2. The topological polar surface area (TPSA) is 54.5 Å². The van der Waals surface area contributed by atoms with Gasteiger partial charge in [-0.25, -0.2) is 4.79 Å². The molecule has 1 aromatic heterocycles. The molecule has 6 heteroatoms. The van der Waals surface area contributed by atoms with Gasteiger partial charge >= 0.3 is 6.03 Å². The fraction of sp³-hybridized carbons (Fsp3) is 0.294. The number of ether oxygens (including phenoxy) is 1. The molecule has 0 aliphatic carbocycles. The van der Waals surface area contributed by atoms with Crippen molar-refractivity contribution in [1.29, 1.82) is 0 Å². The number of pyridine rings is 1. The number of anilines is 1. The molecule has 1 aliphatic rings. The van der Waals surface area contributed by atoms with E-state index in [1.165, 1.54) is 11.8 Å². The van der Waals surface area contributed by atoms with E-state index < -0.39 is 0 Å². The number of carbonyl (C=O) groups excluding carboxylic acids is 1. The van der Waals surface area contributed by atoms with Crippen molar-refractivity contribution in [3.05, 3.63) is 59.4 Å². The Labute approximate surface area is 140 Å². The van der Waals surface area contributed by atoms with Gasteiger partial charge in [0, 0.05) is 25.7 Å². The Balaban J connectivity index is 1.58. The predicted octanol–water partition coefficient (Wildman–Crippen LogP) is 3.21. The maximum absolute atomic E-state index is 12.4. The van der Waals surface area contributed by atoms with Crippen molar-refractivity contribution >= 4 is 23.3 Å². The molecular formula is C17H18ClN3O2. The zero-order valence-corrected chi connectivity index (χ0v) is 13.4. The van der Waals surface area contributed by atoms with Gasteiger partial charge in [0.15, 0.2) is 0 Å². The van der Waals surface area contributed by atoms with Crippen molar-refractivity contribution in [3.63, 3.8) is 0 Å². The summed E-state index contributed by atoms with van der Waals surface area (Å²) in [6.07, 6.45) is 3.91. The number of hydrogen-bond donors (Lipinski definition) is 1. The van der Waals surface area contributed by atoms with Crippen LogP contribution in [0.15, 0.2) is 48.8 Å². The molecule has 0 bridgehead atoms. The Morgan fingerprint density at radius 2 is 2.17 bits per heavy atom. The van der Waals surface area contributed by atoms with Crippen molar-refractivity contribution < 1.29 is 9.53 Å². The maximum atomic E-state index is 12.4. The second-order valence-corrected chi connectivity index (χ2v) is 5.89. The van der Waals surface area contributed by atoms with Crippen LogP contribution in [-0.4, -0.2) is 41.7 Å². The van der Waals surface area contributed by atoms with Crippen molar-refractivity contribution in [2.24, 2.45) is 0 Å². The molecule has 2 heterocycles. The van der Waals surface area contributed by atoms with Gasteiger partial charge in [0.2, 0.25) is 0 Å². The summed E-state index contributed by atoms with van der Waals surface area (Å²) in [4.78, 5) is 18.1. The number of hydrogen-bond acceptors (Lipinski definition) is 3. The maximum Gasteiger partial charge on any atom is 0.322 e. The number of rotatable bonds is 3. The van der Waals surface area contributed by atoms with Crippen molar-refractivity contribution in [3.8, 4) is 0 Å². The minimum Gasteiger partial charge on any atom is -0.374 e. The van der Waals surface area contributed by atoms with E-state index in [0.29, 0.717) is 30.4 Å². The molecular weight excluding hydrogens is 314 g/mol. The van der Waals surface area contributed by atoms with E-state index in [0.717, 1.165) is 6.42 Å². The molecule has 0 radical (unpaired) electrons. The molecule has 2 aromatic rings. The normalized spacial score (nSPS) is 17.8. The number of benzene rings is 1. The molecule has 1 fully saturated rings. The second-order valence-electron chi connectivity index (χ2n) is 5.45. The Kier molecular flexibility index (Phi) is 5.10. The number of aromatic nitrogens is 1. The van der Waals surface area contributed by atoms with Gasteiger partial charge in [0.1, 0.15) is 0 Å². The van der Waals surface area contributed by atoms with Crippen molar-refractivity contribution in [2.45, 2.75) is 12.5 Å². The van der Waals surface area contributed by atoms with Crippen LogP contribution in [0.3, 0.4) is 0 Å². The molecule has 2 amide bonds. The molecule has 5 nitrogen and oxygen atoms in total. The minimum atomic E-state index is -0.157. The van der Waals surface area contributed by atoms with Crippen LogP contribution in [0.2, 0.25) is 5.02 Å². The number of urea groups is 1. The predicted molar refractivity (Wildman–Crippen MR) is 89.7 cm³/mol. The fourth-order valence-corrected chi connectivity index (χ4v) is 2.76. The number of amides is 2. The molecule has 0 spiro atoms. The molecule has 1 aliphatic heterocycles. The van der Waals surface area contributed by atoms with Crippen LogP contribution in [0.1, 0.15) is 5.56 Å². The third-order valence-corrected chi connectivity index (χ3v) is 3.90. The third kappa shape index (κ3) is 4.43. The highest BCUT2D eigenvalue weighted by Gasteiger charge is 2.24. The molecule has 120 valence electrons. The van der Waals surface area contributed by atoms with Crippen molar-refractivity contribution in [1.82, 2.24) is 9.88 Å². The molecule has 3 rings (SSSR count). The first-order chi connectivity index (χ1) is 11.2. The monoisotopic (exact) mass is 331 g/mol. The average Bonchev–Trinajstić information content (AvgIpc) is 2.56. The first-order valence-electron chi connectivity index (χ1n) is 7.53. The lowest BCUT2D eigenvalue weighted by molar-refractivity contribution is -0.0113. The van der Waals surface area contributed by atoms with E-state index in [2.05, 4.69) is 22.4 Å². The van der Waals surface area contributed by atoms with E-state index in [-0.39, 0.29) is 12.1 Å². The SMILES string of the molecule is O=C(Nc1cncc(Cl)c1)N1CCOC(Cc2ccccc2)C1. The summed E-state index contributed by atoms with van der Waals surface area (Å²) >= 11 is 5.88. The van der Waals surface area contributed by atoms with Crippen LogP contribution < -0.4 is 5.32 Å². The number of halogens is 1. The third-order valence-electron chi connectivity index (χ3n) is 3.69. The van der Waals surface area contributed by atoms with E-state index in [4.69, 9.17) is 16.3 Å². The Morgan fingerprint density at radius 3 is 2.96 bits per heavy atom. The van der Waals surface area contributed by atoms with E-state index >= 15 is 0 Å². The fourth-order valence-electron chi connectivity index (χ4n) is 2.59. The molecule has 1 atom stereocenters. The lowest BCUT2D eigenvalue weighted by Crippen LogP contribution is -2.48. The number of morpholine rings is 1. The minimum absolute atomic E-state index is 0.00869. The van der Waals surface area contributed by atoms with E-state index in [1.807, 2.05) is 18.2 Å². The lowest BCUT2D eigenvalue weighted by Gasteiger charge is -2.33. The summed E-state index contributed by atoms with van der Waals surface area (Å²) in [6, 6.07) is 11.7. The van der Waals surface area contributed by atoms with Crippen LogP contribution in [0, 0.1) is 0 Å². The Bertz CT molecular complexity index is 666. The molecule has 1 N–H and O–H groups in total. The van der Waals surface area contributed by atoms with Gasteiger partial charge in [-0.15, -0.1) is 0 Å². The van der Waals surface area contributed by atoms with Gasteiger partial charge in [-0.05, 0) is 11.6 Å². The first-order valence-corrected chi connectivity index (χ1v) is 7.90. The van der Waals surface area contributed by atoms with Crippen molar-refractivity contribution in [2.75, 3.05) is 25.0 Å². The van der Waals surface area contributed by atoms with Crippen LogP contribution in [0.5, 0.6) is 0 Å². The van der Waals surface area contributed by atoms with Crippen LogP contribution in [0.25, 0.3) is 0 Å². The zero-order chi connectivity index (χ0) is 16.1.